The number of likely N-dealkylation sites (tertiary alicyclic amines) is 1. The summed E-state index contributed by atoms with van der Waals surface area (Å²) in [5.74, 6) is 0.322. The molecule has 0 aromatic heterocycles. The Morgan fingerprint density at radius 2 is 1.91 bits per heavy atom. The molecular formula is C18H28N2O2. The molecule has 2 N–H and O–H groups in total. The van der Waals surface area contributed by atoms with Crippen molar-refractivity contribution in [3.63, 3.8) is 0 Å². The van der Waals surface area contributed by atoms with Gasteiger partial charge in [0.25, 0.3) is 0 Å². The van der Waals surface area contributed by atoms with E-state index >= 15 is 0 Å². The quantitative estimate of drug-likeness (QED) is 0.897. The molecule has 1 aromatic rings. The molecule has 0 saturated carbocycles. The van der Waals surface area contributed by atoms with E-state index in [1.807, 2.05) is 11.8 Å². The highest BCUT2D eigenvalue weighted by Crippen LogP contribution is 2.22. The fourth-order valence-electron chi connectivity index (χ4n) is 3.05. The number of piperidine rings is 1. The zero-order chi connectivity index (χ0) is 16.1. The molecule has 122 valence electrons. The van der Waals surface area contributed by atoms with Gasteiger partial charge >= 0.3 is 6.03 Å². The molecule has 2 amide bonds. The van der Waals surface area contributed by atoms with Crippen molar-refractivity contribution < 1.29 is 9.90 Å². The molecule has 2 unspecified atom stereocenters. The number of aryl methyl sites for hydroxylation is 1. The maximum atomic E-state index is 12.4. The Labute approximate surface area is 133 Å². The molecule has 22 heavy (non-hydrogen) atoms. The first-order valence-electron chi connectivity index (χ1n) is 8.31. The van der Waals surface area contributed by atoms with Crippen molar-refractivity contribution in [3.05, 3.63) is 35.4 Å². The van der Waals surface area contributed by atoms with Crippen LogP contribution in [-0.2, 0) is 0 Å². The number of urea groups is 1. The van der Waals surface area contributed by atoms with E-state index in [2.05, 4.69) is 43.4 Å². The summed E-state index contributed by atoms with van der Waals surface area (Å²) in [5.41, 5.74) is 2.38. The van der Waals surface area contributed by atoms with Crippen molar-refractivity contribution in [2.75, 3.05) is 13.1 Å². The van der Waals surface area contributed by atoms with E-state index < -0.39 is 0 Å². The first kappa shape index (κ1) is 16.8. The molecule has 4 heteroatoms. The van der Waals surface area contributed by atoms with Crippen molar-refractivity contribution in [2.24, 2.45) is 5.92 Å². The number of benzene rings is 1. The monoisotopic (exact) mass is 304 g/mol. The second-order valence-corrected chi connectivity index (χ2v) is 6.39. The molecule has 1 heterocycles. The minimum Gasteiger partial charge on any atom is -0.393 e. The lowest BCUT2D eigenvalue weighted by atomic mass is 9.92. The van der Waals surface area contributed by atoms with Gasteiger partial charge in [0.05, 0.1) is 12.1 Å². The molecule has 0 bridgehead atoms. The van der Waals surface area contributed by atoms with Gasteiger partial charge in [0.2, 0.25) is 0 Å². The summed E-state index contributed by atoms with van der Waals surface area (Å²) in [6.07, 6.45) is 2.36. The number of aliphatic hydroxyl groups is 1. The molecular weight excluding hydrogens is 276 g/mol. The Bertz CT molecular complexity index is 476. The maximum Gasteiger partial charge on any atom is 0.317 e. The third kappa shape index (κ3) is 4.23. The average Bonchev–Trinajstić information content (AvgIpc) is 2.53. The number of carbonyl (C=O) groups is 1. The van der Waals surface area contributed by atoms with Gasteiger partial charge in [-0.1, -0.05) is 36.8 Å². The Hall–Kier alpha value is -1.55. The largest absolute Gasteiger partial charge is 0.393 e. The van der Waals surface area contributed by atoms with Crippen LogP contribution in [0.25, 0.3) is 0 Å². The SMILES string of the molecule is CCC(NC(=O)N1CCC(C(C)O)CC1)c1ccc(C)cc1. The van der Waals surface area contributed by atoms with Gasteiger partial charge in [-0.2, -0.15) is 0 Å². The first-order valence-corrected chi connectivity index (χ1v) is 8.31. The van der Waals surface area contributed by atoms with Gasteiger partial charge in [-0.25, -0.2) is 4.79 Å². The number of rotatable bonds is 4. The molecule has 4 nitrogen and oxygen atoms in total. The van der Waals surface area contributed by atoms with Gasteiger partial charge in [0.1, 0.15) is 0 Å². The van der Waals surface area contributed by atoms with Crippen molar-refractivity contribution in [3.8, 4) is 0 Å². The number of nitrogens with zero attached hydrogens (tertiary/aromatic N) is 1. The van der Waals surface area contributed by atoms with Gasteiger partial charge in [0.15, 0.2) is 0 Å². The smallest absolute Gasteiger partial charge is 0.317 e. The second-order valence-electron chi connectivity index (χ2n) is 6.39. The number of aliphatic hydroxyl groups excluding tert-OH is 1. The van der Waals surface area contributed by atoms with Crippen LogP contribution in [-0.4, -0.2) is 35.2 Å². The van der Waals surface area contributed by atoms with E-state index in [0.29, 0.717) is 5.92 Å². The van der Waals surface area contributed by atoms with Crippen LogP contribution < -0.4 is 5.32 Å². The van der Waals surface area contributed by atoms with Crippen LogP contribution in [0.2, 0.25) is 0 Å². The van der Waals surface area contributed by atoms with Crippen LogP contribution in [0.15, 0.2) is 24.3 Å². The van der Waals surface area contributed by atoms with Gasteiger partial charge in [0, 0.05) is 13.1 Å². The summed E-state index contributed by atoms with van der Waals surface area (Å²) in [4.78, 5) is 14.3. The number of amides is 2. The number of hydrogen-bond donors (Lipinski definition) is 2. The van der Waals surface area contributed by atoms with Crippen LogP contribution in [0.5, 0.6) is 0 Å². The van der Waals surface area contributed by atoms with Gasteiger partial charge in [-0.15, -0.1) is 0 Å². The van der Waals surface area contributed by atoms with Gasteiger partial charge in [-0.3, -0.25) is 0 Å². The molecule has 0 radical (unpaired) electrons. The molecule has 0 aliphatic carbocycles. The van der Waals surface area contributed by atoms with Crippen molar-refractivity contribution in [2.45, 2.75) is 52.2 Å². The summed E-state index contributed by atoms with van der Waals surface area (Å²) in [6, 6.07) is 8.41. The molecule has 1 saturated heterocycles. The third-order valence-corrected chi connectivity index (χ3v) is 4.69. The number of nitrogens with one attached hydrogen (secondary N) is 1. The van der Waals surface area contributed by atoms with Crippen LogP contribution >= 0.6 is 0 Å². The molecule has 2 atom stereocenters. The minimum absolute atomic E-state index is 0.0106. The van der Waals surface area contributed by atoms with E-state index in [1.165, 1.54) is 5.56 Å². The van der Waals surface area contributed by atoms with Crippen LogP contribution in [0, 0.1) is 12.8 Å². The van der Waals surface area contributed by atoms with E-state index in [-0.39, 0.29) is 18.2 Å². The normalized spacial score (nSPS) is 18.8. The Morgan fingerprint density at radius 1 is 1.32 bits per heavy atom. The molecule has 2 rings (SSSR count). The Balaban J connectivity index is 1.91. The van der Waals surface area contributed by atoms with Crippen LogP contribution in [0.1, 0.15) is 50.3 Å². The van der Waals surface area contributed by atoms with E-state index in [4.69, 9.17) is 0 Å². The first-order chi connectivity index (χ1) is 10.5. The van der Waals surface area contributed by atoms with Gasteiger partial charge in [-0.05, 0) is 44.6 Å². The van der Waals surface area contributed by atoms with E-state index in [9.17, 15) is 9.90 Å². The molecule has 1 aliphatic rings. The molecule has 0 spiro atoms. The van der Waals surface area contributed by atoms with E-state index in [1.54, 1.807) is 0 Å². The fourth-order valence-corrected chi connectivity index (χ4v) is 3.05. The second kappa shape index (κ2) is 7.63. The van der Waals surface area contributed by atoms with Crippen LogP contribution in [0.3, 0.4) is 0 Å². The summed E-state index contributed by atoms with van der Waals surface area (Å²) in [7, 11) is 0. The summed E-state index contributed by atoms with van der Waals surface area (Å²) in [6.45, 7) is 7.45. The standard InChI is InChI=1S/C18H28N2O2/c1-4-17(16-7-5-13(2)6-8-16)19-18(22)20-11-9-15(10-12-20)14(3)21/h5-8,14-15,17,21H,4,9-12H2,1-3H3,(H,19,22). The average molecular weight is 304 g/mol. The summed E-state index contributed by atoms with van der Waals surface area (Å²) >= 11 is 0. The molecule has 1 aliphatic heterocycles. The number of carbonyl (C=O) groups excluding carboxylic acids is 1. The Morgan fingerprint density at radius 3 is 2.41 bits per heavy atom. The summed E-state index contributed by atoms with van der Waals surface area (Å²) < 4.78 is 0. The van der Waals surface area contributed by atoms with Crippen molar-refractivity contribution in [1.29, 1.82) is 0 Å². The molecule has 1 fully saturated rings. The third-order valence-electron chi connectivity index (χ3n) is 4.69. The highest BCUT2D eigenvalue weighted by atomic mass is 16.3. The zero-order valence-electron chi connectivity index (χ0n) is 13.9. The maximum absolute atomic E-state index is 12.4. The zero-order valence-corrected chi connectivity index (χ0v) is 13.9. The lowest BCUT2D eigenvalue weighted by Crippen LogP contribution is -2.46. The van der Waals surface area contributed by atoms with E-state index in [0.717, 1.165) is 37.9 Å². The van der Waals surface area contributed by atoms with Crippen molar-refractivity contribution >= 4 is 6.03 Å². The highest BCUT2D eigenvalue weighted by Gasteiger charge is 2.26. The van der Waals surface area contributed by atoms with Crippen LogP contribution in [0.4, 0.5) is 4.79 Å². The molecule has 1 aromatic carbocycles. The highest BCUT2D eigenvalue weighted by molar-refractivity contribution is 5.74. The minimum atomic E-state index is -0.277. The lowest BCUT2D eigenvalue weighted by molar-refractivity contribution is 0.0793. The predicted octanol–water partition coefficient (Wildman–Crippen LogP) is 3.25. The Kier molecular flexibility index (Phi) is 5.83. The van der Waals surface area contributed by atoms with Gasteiger partial charge < -0.3 is 15.3 Å². The predicted molar refractivity (Wildman–Crippen MR) is 88.7 cm³/mol. The topological polar surface area (TPSA) is 52.6 Å². The van der Waals surface area contributed by atoms with Crippen molar-refractivity contribution in [1.82, 2.24) is 10.2 Å². The number of hydrogen-bond acceptors (Lipinski definition) is 2. The fraction of sp³-hybridized carbons (Fsp3) is 0.611. The summed E-state index contributed by atoms with van der Waals surface area (Å²) in [5, 5.41) is 12.8. The lowest BCUT2D eigenvalue weighted by Gasteiger charge is -2.34.